The number of benzene rings is 2. The van der Waals surface area contributed by atoms with Gasteiger partial charge in [-0.2, -0.15) is 0 Å². The smallest absolute Gasteiger partial charge is 0.114 e. The van der Waals surface area contributed by atoms with E-state index in [1.807, 2.05) is 18.2 Å². The first-order valence-corrected chi connectivity index (χ1v) is 7.46. The lowest BCUT2D eigenvalue weighted by Crippen LogP contribution is -2.04. The molecule has 0 unspecified atom stereocenters. The molecule has 0 aliphatic carbocycles. The fourth-order valence-corrected chi connectivity index (χ4v) is 2.86. The van der Waals surface area contributed by atoms with E-state index < -0.39 is 0 Å². The molecule has 0 amide bonds. The van der Waals surface area contributed by atoms with Crippen LogP contribution in [-0.2, 0) is 13.0 Å². The standard InChI is InChI=1S/C16H16BrN3/c1-2-20-15-8-7-12(17)10-14(15)19-16(20)9-11-5-3-4-6-13(11)18/h3-8,10H,2,9,18H2,1H3. The summed E-state index contributed by atoms with van der Waals surface area (Å²) in [5, 5.41) is 0. The molecule has 0 aliphatic heterocycles. The van der Waals surface area contributed by atoms with Crippen LogP contribution in [0.4, 0.5) is 5.69 Å². The fraction of sp³-hybridized carbons (Fsp3) is 0.188. The third-order valence-electron chi connectivity index (χ3n) is 3.51. The summed E-state index contributed by atoms with van der Waals surface area (Å²) < 4.78 is 3.30. The largest absolute Gasteiger partial charge is 0.398 e. The highest BCUT2D eigenvalue weighted by Gasteiger charge is 2.11. The summed E-state index contributed by atoms with van der Waals surface area (Å²) in [7, 11) is 0. The Morgan fingerprint density at radius 3 is 2.75 bits per heavy atom. The third kappa shape index (κ3) is 2.31. The van der Waals surface area contributed by atoms with E-state index in [0.717, 1.165) is 40.0 Å². The van der Waals surface area contributed by atoms with Crippen molar-refractivity contribution in [2.24, 2.45) is 0 Å². The van der Waals surface area contributed by atoms with Gasteiger partial charge in [0, 0.05) is 23.1 Å². The summed E-state index contributed by atoms with van der Waals surface area (Å²) in [6.07, 6.45) is 0.757. The zero-order valence-electron chi connectivity index (χ0n) is 11.3. The molecular formula is C16H16BrN3. The SMILES string of the molecule is CCn1c(Cc2ccccc2N)nc2cc(Br)ccc21. The molecule has 0 aliphatic rings. The second-order valence-corrected chi connectivity index (χ2v) is 5.70. The van der Waals surface area contributed by atoms with Crippen molar-refractivity contribution >= 4 is 32.7 Å². The van der Waals surface area contributed by atoms with Crippen LogP contribution >= 0.6 is 15.9 Å². The molecule has 3 nitrogen and oxygen atoms in total. The van der Waals surface area contributed by atoms with Crippen LogP contribution in [-0.4, -0.2) is 9.55 Å². The molecule has 102 valence electrons. The maximum atomic E-state index is 6.03. The number of para-hydroxylation sites is 1. The summed E-state index contributed by atoms with van der Waals surface area (Å²) in [5.41, 5.74) is 10.2. The predicted octanol–water partition coefficient (Wildman–Crippen LogP) is 3.99. The molecular weight excluding hydrogens is 314 g/mol. The van der Waals surface area contributed by atoms with Crippen LogP contribution in [0.5, 0.6) is 0 Å². The van der Waals surface area contributed by atoms with Crippen LogP contribution in [0.1, 0.15) is 18.3 Å². The molecule has 1 heterocycles. The lowest BCUT2D eigenvalue weighted by molar-refractivity contribution is 0.734. The molecule has 0 atom stereocenters. The number of nitrogens with two attached hydrogens (primary N) is 1. The Morgan fingerprint density at radius 1 is 1.20 bits per heavy atom. The molecule has 2 aromatic carbocycles. The molecule has 0 bridgehead atoms. The van der Waals surface area contributed by atoms with Crippen LogP contribution in [0.3, 0.4) is 0 Å². The normalized spacial score (nSPS) is 11.1. The van der Waals surface area contributed by atoms with Gasteiger partial charge in [-0.25, -0.2) is 4.98 Å². The molecule has 2 N–H and O–H groups in total. The number of aromatic nitrogens is 2. The average molecular weight is 330 g/mol. The van der Waals surface area contributed by atoms with Crippen molar-refractivity contribution in [1.82, 2.24) is 9.55 Å². The number of fused-ring (bicyclic) bond motifs is 1. The van der Waals surface area contributed by atoms with Crippen molar-refractivity contribution < 1.29 is 0 Å². The fourth-order valence-electron chi connectivity index (χ4n) is 2.51. The van der Waals surface area contributed by atoms with E-state index in [1.54, 1.807) is 0 Å². The van der Waals surface area contributed by atoms with Crippen molar-refractivity contribution in [3.05, 3.63) is 58.3 Å². The lowest BCUT2D eigenvalue weighted by Gasteiger charge is -2.08. The number of halogens is 1. The summed E-state index contributed by atoms with van der Waals surface area (Å²) in [5.74, 6) is 1.05. The maximum Gasteiger partial charge on any atom is 0.114 e. The van der Waals surface area contributed by atoms with Crippen LogP contribution in [0, 0.1) is 0 Å². The quantitative estimate of drug-likeness (QED) is 0.738. The van der Waals surface area contributed by atoms with Crippen LogP contribution in [0.2, 0.25) is 0 Å². The van der Waals surface area contributed by atoms with E-state index in [0.29, 0.717) is 0 Å². The number of hydrogen-bond donors (Lipinski definition) is 1. The Balaban J connectivity index is 2.09. The number of hydrogen-bond acceptors (Lipinski definition) is 2. The Labute approximate surface area is 126 Å². The molecule has 0 fully saturated rings. The minimum absolute atomic E-state index is 0.757. The van der Waals surface area contributed by atoms with Crippen molar-refractivity contribution in [2.45, 2.75) is 19.9 Å². The van der Waals surface area contributed by atoms with E-state index >= 15 is 0 Å². The van der Waals surface area contributed by atoms with Crippen molar-refractivity contribution in [3.63, 3.8) is 0 Å². The van der Waals surface area contributed by atoms with Gasteiger partial charge in [-0.3, -0.25) is 0 Å². The zero-order valence-corrected chi connectivity index (χ0v) is 12.9. The number of nitrogen functional groups attached to an aromatic ring is 1. The van der Waals surface area contributed by atoms with Crippen molar-refractivity contribution in [1.29, 1.82) is 0 Å². The van der Waals surface area contributed by atoms with Gasteiger partial charge in [0.25, 0.3) is 0 Å². The summed E-state index contributed by atoms with van der Waals surface area (Å²) in [6.45, 7) is 3.04. The highest BCUT2D eigenvalue weighted by atomic mass is 79.9. The van der Waals surface area contributed by atoms with Gasteiger partial charge in [0.05, 0.1) is 11.0 Å². The maximum absolute atomic E-state index is 6.03. The number of imidazole rings is 1. The first-order chi connectivity index (χ1) is 9.69. The monoisotopic (exact) mass is 329 g/mol. The van der Waals surface area contributed by atoms with Gasteiger partial charge >= 0.3 is 0 Å². The van der Waals surface area contributed by atoms with Gasteiger partial charge in [0.2, 0.25) is 0 Å². The van der Waals surface area contributed by atoms with E-state index in [2.05, 4.69) is 51.7 Å². The Hall–Kier alpha value is -1.81. The minimum atomic E-state index is 0.757. The van der Waals surface area contributed by atoms with Gasteiger partial charge in [-0.15, -0.1) is 0 Å². The Bertz CT molecular complexity index is 762. The highest BCUT2D eigenvalue weighted by molar-refractivity contribution is 9.10. The van der Waals surface area contributed by atoms with Crippen molar-refractivity contribution in [2.75, 3.05) is 5.73 Å². The molecule has 0 spiro atoms. The van der Waals surface area contributed by atoms with E-state index in [4.69, 9.17) is 10.7 Å². The topological polar surface area (TPSA) is 43.8 Å². The first-order valence-electron chi connectivity index (χ1n) is 6.67. The van der Waals surface area contributed by atoms with Gasteiger partial charge in [-0.1, -0.05) is 34.1 Å². The summed E-state index contributed by atoms with van der Waals surface area (Å²) in [4.78, 5) is 4.76. The Kier molecular flexibility index (Phi) is 3.49. The molecule has 3 aromatic rings. The molecule has 0 radical (unpaired) electrons. The van der Waals surface area contributed by atoms with Crippen LogP contribution in [0.15, 0.2) is 46.9 Å². The Morgan fingerprint density at radius 2 is 2.00 bits per heavy atom. The number of rotatable bonds is 3. The first kappa shape index (κ1) is 13.2. The third-order valence-corrected chi connectivity index (χ3v) is 4.00. The highest BCUT2D eigenvalue weighted by Crippen LogP contribution is 2.23. The average Bonchev–Trinajstić information content (AvgIpc) is 2.77. The van der Waals surface area contributed by atoms with E-state index in [1.165, 1.54) is 5.52 Å². The number of aryl methyl sites for hydroxylation is 1. The zero-order chi connectivity index (χ0) is 14.1. The summed E-state index contributed by atoms with van der Waals surface area (Å²) in [6, 6.07) is 14.2. The summed E-state index contributed by atoms with van der Waals surface area (Å²) >= 11 is 3.50. The van der Waals surface area contributed by atoms with Crippen LogP contribution in [0.25, 0.3) is 11.0 Å². The second kappa shape index (κ2) is 5.29. The van der Waals surface area contributed by atoms with Crippen molar-refractivity contribution in [3.8, 4) is 0 Å². The molecule has 4 heteroatoms. The molecule has 1 aromatic heterocycles. The number of anilines is 1. The molecule has 0 saturated carbocycles. The minimum Gasteiger partial charge on any atom is -0.398 e. The van der Waals surface area contributed by atoms with Gasteiger partial charge in [-0.05, 0) is 36.8 Å². The van der Waals surface area contributed by atoms with Gasteiger partial charge in [0.15, 0.2) is 0 Å². The van der Waals surface area contributed by atoms with Crippen LogP contribution < -0.4 is 5.73 Å². The second-order valence-electron chi connectivity index (χ2n) is 4.78. The predicted molar refractivity (Wildman–Crippen MR) is 86.8 cm³/mol. The van der Waals surface area contributed by atoms with Gasteiger partial charge in [0.1, 0.15) is 5.82 Å². The number of nitrogens with zero attached hydrogens (tertiary/aromatic N) is 2. The van der Waals surface area contributed by atoms with E-state index in [9.17, 15) is 0 Å². The molecule has 3 rings (SSSR count). The molecule has 20 heavy (non-hydrogen) atoms. The molecule has 0 saturated heterocycles. The van der Waals surface area contributed by atoms with Gasteiger partial charge < -0.3 is 10.3 Å². The lowest BCUT2D eigenvalue weighted by atomic mass is 10.1. The van der Waals surface area contributed by atoms with E-state index in [-0.39, 0.29) is 0 Å².